The zero-order chi connectivity index (χ0) is 48.5. The Bertz CT molecular complexity index is 3450. The topological polar surface area (TPSA) is 139 Å². The predicted octanol–water partition coefficient (Wildman–Crippen LogP) is 13.6. The van der Waals surface area contributed by atoms with Crippen molar-refractivity contribution in [1.29, 1.82) is 0 Å². The van der Waals surface area contributed by atoms with E-state index >= 15 is 0 Å². The number of sulfone groups is 1. The van der Waals surface area contributed by atoms with E-state index in [-0.39, 0.29) is 32.8 Å². The average molecular weight is 945 g/mol. The van der Waals surface area contributed by atoms with Gasteiger partial charge in [0.25, 0.3) is 0 Å². The summed E-state index contributed by atoms with van der Waals surface area (Å²) in [5, 5.41) is 49.0. The zero-order valence-electron chi connectivity index (χ0n) is 38.0. The third-order valence-electron chi connectivity index (χ3n) is 14.3. The van der Waals surface area contributed by atoms with Crippen molar-refractivity contribution in [2.24, 2.45) is 0 Å². The van der Waals surface area contributed by atoms with Crippen LogP contribution in [0.2, 0.25) is 0 Å². The van der Waals surface area contributed by atoms with Gasteiger partial charge in [0.2, 0.25) is 9.84 Å². The molecule has 0 bridgehead atoms. The Labute approximate surface area is 411 Å². The van der Waals surface area contributed by atoms with E-state index in [1.165, 1.54) is 0 Å². The van der Waals surface area contributed by atoms with E-state index in [4.69, 9.17) is 0 Å². The van der Waals surface area contributed by atoms with E-state index in [0.29, 0.717) is 0 Å². The number of phenols is 4. The molecule has 0 aromatic heterocycles. The van der Waals surface area contributed by atoms with Crippen LogP contribution in [0, 0.1) is 0 Å². The number of aromatic hydroxyl groups is 4. The van der Waals surface area contributed by atoms with Crippen LogP contribution in [0.5, 0.6) is 23.0 Å². The Balaban J connectivity index is 0.917. The summed E-state index contributed by atoms with van der Waals surface area (Å²) in [4.78, 5) is 0.310. The SMILES string of the molecule is O=S(=O)(c1ccc(-c2cccc3c2Nc2ccccc2C3(c2ccc(O)cc2)c2ccc(O)cc2)cc1)c1ccc(-c2cccc3c2Nc2ccccc2C3(c2ccc(O)cc2)c2ccc(O)cc2)cc1. The van der Waals surface area contributed by atoms with Crippen molar-refractivity contribution < 1.29 is 28.8 Å². The molecule has 2 aliphatic rings. The number of nitrogens with one attached hydrogen (secondary N) is 2. The highest BCUT2D eigenvalue weighted by atomic mass is 32.2. The molecule has 0 fully saturated rings. The van der Waals surface area contributed by atoms with Gasteiger partial charge >= 0.3 is 0 Å². The summed E-state index contributed by atoms with van der Waals surface area (Å²) in [6.07, 6.45) is 0. The molecule has 0 saturated carbocycles. The smallest absolute Gasteiger partial charge is 0.206 e. The molecule has 10 aromatic carbocycles. The number of hydrogen-bond donors (Lipinski definition) is 6. The van der Waals surface area contributed by atoms with Crippen LogP contribution < -0.4 is 10.6 Å². The fraction of sp³-hybridized carbons (Fsp3) is 0.0323. The molecule has 0 radical (unpaired) electrons. The van der Waals surface area contributed by atoms with E-state index in [0.717, 1.165) is 89.5 Å². The standard InChI is InChI=1S/C62H44N2O6S/c65-45-27-19-41(20-28-45)61(42-21-29-46(66)30-22-42)53-9-1-3-13-57(53)63-59-51(7-5-11-55(59)61)39-15-35-49(36-16-39)71(69,70)50-37-17-40(18-38-50)52-8-6-12-56-60(52)64-58-14-4-2-10-54(58)62(56,43-23-31-47(67)32-24-43)44-25-33-48(68)34-26-44/h1-38,63-68H. The Morgan fingerprint density at radius 2 is 0.606 bits per heavy atom. The molecule has 6 N–H and O–H groups in total. The highest BCUT2D eigenvalue weighted by Gasteiger charge is 2.46. The molecule has 0 saturated heterocycles. The lowest BCUT2D eigenvalue weighted by Crippen LogP contribution is -2.35. The first-order chi connectivity index (χ1) is 34.6. The number of hydrogen-bond acceptors (Lipinski definition) is 8. The van der Waals surface area contributed by atoms with Crippen LogP contribution in [0.15, 0.2) is 240 Å². The van der Waals surface area contributed by atoms with Gasteiger partial charge in [0.05, 0.1) is 32.0 Å². The summed E-state index contributed by atoms with van der Waals surface area (Å²) < 4.78 is 28.9. The normalized spacial score (nSPS) is 13.9. The minimum Gasteiger partial charge on any atom is -0.508 e. The maximum absolute atomic E-state index is 14.5. The van der Waals surface area contributed by atoms with Gasteiger partial charge in [0.15, 0.2) is 0 Å². The summed E-state index contributed by atoms with van der Waals surface area (Å²) in [5.74, 6) is 0.599. The summed E-state index contributed by atoms with van der Waals surface area (Å²) in [6, 6.07) is 71.4. The molecule has 0 atom stereocenters. The van der Waals surface area contributed by atoms with Gasteiger partial charge in [-0.1, -0.05) is 146 Å². The maximum atomic E-state index is 14.5. The van der Waals surface area contributed by atoms with Crippen LogP contribution in [0.3, 0.4) is 0 Å². The van der Waals surface area contributed by atoms with Crippen molar-refractivity contribution in [3.05, 3.63) is 275 Å². The minimum absolute atomic E-state index is 0.150. The van der Waals surface area contributed by atoms with Crippen LogP contribution in [0.4, 0.5) is 22.7 Å². The van der Waals surface area contributed by atoms with Gasteiger partial charge in [-0.25, -0.2) is 8.42 Å². The van der Waals surface area contributed by atoms with Crippen LogP contribution in [-0.2, 0) is 20.7 Å². The van der Waals surface area contributed by atoms with E-state index in [2.05, 4.69) is 34.9 Å². The van der Waals surface area contributed by atoms with Gasteiger partial charge < -0.3 is 31.1 Å². The van der Waals surface area contributed by atoms with E-state index in [1.54, 1.807) is 72.8 Å². The Morgan fingerprint density at radius 1 is 0.310 bits per heavy atom. The van der Waals surface area contributed by atoms with Crippen molar-refractivity contribution in [1.82, 2.24) is 0 Å². The number of para-hydroxylation sites is 4. The number of benzene rings is 10. The molecule has 344 valence electrons. The van der Waals surface area contributed by atoms with E-state index in [9.17, 15) is 28.8 Å². The quantitative estimate of drug-likeness (QED) is 0.0885. The minimum atomic E-state index is -3.96. The van der Waals surface area contributed by atoms with Crippen LogP contribution in [0.1, 0.15) is 44.5 Å². The lowest BCUT2D eigenvalue weighted by molar-refractivity contribution is 0.473. The zero-order valence-corrected chi connectivity index (χ0v) is 38.8. The van der Waals surface area contributed by atoms with Gasteiger partial charge in [-0.15, -0.1) is 0 Å². The third kappa shape index (κ3) is 6.76. The second kappa shape index (κ2) is 16.6. The highest BCUT2D eigenvalue weighted by Crippen LogP contribution is 2.57. The second-order valence-corrected chi connectivity index (χ2v) is 20.0. The lowest BCUT2D eigenvalue weighted by Gasteiger charge is -2.43. The molecule has 2 heterocycles. The van der Waals surface area contributed by atoms with Gasteiger partial charge in [-0.05, 0) is 141 Å². The van der Waals surface area contributed by atoms with Crippen molar-refractivity contribution in [3.63, 3.8) is 0 Å². The summed E-state index contributed by atoms with van der Waals surface area (Å²) in [7, 11) is -3.96. The Hall–Kier alpha value is -9.05. The molecule has 0 unspecified atom stereocenters. The monoisotopic (exact) mass is 944 g/mol. The lowest BCUT2D eigenvalue weighted by atomic mass is 9.62. The Kier molecular flexibility index (Phi) is 10.1. The summed E-state index contributed by atoms with van der Waals surface area (Å²) in [6.45, 7) is 0. The highest BCUT2D eigenvalue weighted by molar-refractivity contribution is 7.91. The fourth-order valence-electron chi connectivity index (χ4n) is 11.1. The first-order valence-corrected chi connectivity index (χ1v) is 24.7. The van der Waals surface area contributed by atoms with Gasteiger partial charge in [-0.3, -0.25) is 0 Å². The first-order valence-electron chi connectivity index (χ1n) is 23.2. The molecule has 0 aliphatic carbocycles. The van der Waals surface area contributed by atoms with Crippen molar-refractivity contribution >= 4 is 32.6 Å². The number of rotatable bonds is 8. The molecule has 8 nitrogen and oxygen atoms in total. The average Bonchev–Trinajstić information content (AvgIpc) is 3.40. The molecule has 9 heteroatoms. The van der Waals surface area contributed by atoms with Gasteiger partial charge in [0, 0.05) is 22.5 Å². The van der Waals surface area contributed by atoms with Crippen LogP contribution in [-0.4, -0.2) is 28.8 Å². The fourth-order valence-corrected chi connectivity index (χ4v) is 12.3. The molecule has 10 aromatic rings. The van der Waals surface area contributed by atoms with Crippen LogP contribution in [0.25, 0.3) is 22.3 Å². The molecule has 2 aliphatic heterocycles. The number of phenolic OH excluding ortho intramolecular Hbond substituents is 4. The second-order valence-electron chi connectivity index (χ2n) is 18.0. The van der Waals surface area contributed by atoms with E-state index < -0.39 is 20.7 Å². The number of fused-ring (bicyclic) bond motifs is 4. The van der Waals surface area contributed by atoms with Crippen molar-refractivity contribution in [2.45, 2.75) is 20.6 Å². The molecular formula is C62H44N2O6S. The first kappa shape index (κ1) is 43.2. The maximum Gasteiger partial charge on any atom is 0.206 e. The predicted molar refractivity (Wildman–Crippen MR) is 279 cm³/mol. The summed E-state index contributed by atoms with van der Waals surface area (Å²) in [5.41, 5.74) is 12.7. The van der Waals surface area contributed by atoms with Crippen molar-refractivity contribution in [3.8, 4) is 45.3 Å². The van der Waals surface area contributed by atoms with E-state index in [1.807, 2.05) is 133 Å². The largest absolute Gasteiger partial charge is 0.508 e. The Morgan fingerprint density at radius 3 is 0.930 bits per heavy atom. The number of anilines is 4. The molecule has 0 amide bonds. The molecular weight excluding hydrogens is 901 g/mol. The summed E-state index contributed by atoms with van der Waals surface area (Å²) >= 11 is 0. The van der Waals surface area contributed by atoms with Crippen molar-refractivity contribution in [2.75, 3.05) is 10.6 Å². The molecule has 12 rings (SSSR count). The third-order valence-corrected chi connectivity index (χ3v) is 16.1. The van der Waals surface area contributed by atoms with Gasteiger partial charge in [0.1, 0.15) is 23.0 Å². The molecule has 71 heavy (non-hydrogen) atoms. The van der Waals surface area contributed by atoms with Crippen LogP contribution >= 0.6 is 0 Å². The van der Waals surface area contributed by atoms with Gasteiger partial charge in [-0.2, -0.15) is 0 Å². The molecule has 0 spiro atoms.